The number of hydrogen-bond acceptors (Lipinski definition) is 2. The molecule has 1 aromatic heterocycles. The largest absolute Gasteiger partial charge is 0.452 e. The topological polar surface area (TPSA) is 42.2 Å². The molecule has 4 heteroatoms. The third kappa shape index (κ3) is 1.77. The fraction of sp³-hybridized carbons (Fsp3) is 0.500. The summed E-state index contributed by atoms with van der Waals surface area (Å²) in [4.78, 5) is 11.6. The molecule has 1 aromatic rings. The standard InChI is InChI=1S/C10H12ClNO2/c1-2-6-5-8(6)12-10(13)7-3-4-14-9(7)11/h3-4,6,8H,2,5H2,1H3,(H,12,13). The van der Waals surface area contributed by atoms with Gasteiger partial charge in [-0.1, -0.05) is 13.3 Å². The number of amides is 1. The van der Waals surface area contributed by atoms with Gasteiger partial charge in [-0.2, -0.15) is 0 Å². The number of carbonyl (C=O) groups excluding carboxylic acids is 1. The zero-order valence-electron chi connectivity index (χ0n) is 7.92. The minimum Gasteiger partial charge on any atom is -0.452 e. The van der Waals surface area contributed by atoms with Crippen LogP contribution in [0.3, 0.4) is 0 Å². The summed E-state index contributed by atoms with van der Waals surface area (Å²) in [5, 5.41) is 3.08. The van der Waals surface area contributed by atoms with Crippen LogP contribution in [0, 0.1) is 5.92 Å². The minimum absolute atomic E-state index is 0.135. The van der Waals surface area contributed by atoms with Gasteiger partial charge in [0.05, 0.1) is 11.8 Å². The first-order valence-electron chi connectivity index (χ1n) is 4.76. The lowest BCUT2D eigenvalue weighted by atomic mass is 10.3. The fourth-order valence-corrected chi connectivity index (χ4v) is 1.78. The van der Waals surface area contributed by atoms with E-state index in [0.29, 0.717) is 17.5 Å². The van der Waals surface area contributed by atoms with E-state index in [2.05, 4.69) is 12.2 Å². The summed E-state index contributed by atoms with van der Waals surface area (Å²) >= 11 is 5.68. The average Bonchev–Trinajstić information content (AvgIpc) is 2.77. The highest BCUT2D eigenvalue weighted by molar-refractivity contribution is 6.32. The highest BCUT2D eigenvalue weighted by atomic mass is 35.5. The van der Waals surface area contributed by atoms with Gasteiger partial charge in [0.25, 0.3) is 5.91 Å². The molecule has 0 aromatic carbocycles. The van der Waals surface area contributed by atoms with Crippen molar-refractivity contribution < 1.29 is 9.21 Å². The lowest BCUT2D eigenvalue weighted by molar-refractivity contribution is 0.0948. The summed E-state index contributed by atoms with van der Waals surface area (Å²) in [7, 11) is 0. The van der Waals surface area contributed by atoms with Gasteiger partial charge in [-0.05, 0) is 30.0 Å². The van der Waals surface area contributed by atoms with E-state index in [-0.39, 0.29) is 11.1 Å². The summed E-state index contributed by atoms with van der Waals surface area (Å²) in [6, 6.07) is 1.92. The molecule has 0 aliphatic heterocycles. The fourth-order valence-electron chi connectivity index (χ4n) is 1.58. The Morgan fingerprint density at radius 2 is 2.57 bits per heavy atom. The summed E-state index contributed by atoms with van der Waals surface area (Å²) < 4.78 is 4.85. The van der Waals surface area contributed by atoms with Gasteiger partial charge in [-0.15, -0.1) is 0 Å². The van der Waals surface area contributed by atoms with E-state index >= 15 is 0 Å². The van der Waals surface area contributed by atoms with Gasteiger partial charge in [0.15, 0.2) is 0 Å². The summed E-state index contributed by atoms with van der Waals surface area (Å²) in [5.74, 6) is 0.509. The van der Waals surface area contributed by atoms with Crippen LogP contribution in [0.5, 0.6) is 0 Å². The first-order chi connectivity index (χ1) is 6.72. The lowest BCUT2D eigenvalue weighted by Gasteiger charge is -2.01. The van der Waals surface area contributed by atoms with Gasteiger partial charge in [-0.3, -0.25) is 4.79 Å². The first kappa shape index (κ1) is 9.59. The molecule has 1 amide bonds. The second kappa shape index (κ2) is 3.65. The van der Waals surface area contributed by atoms with Crippen LogP contribution in [-0.2, 0) is 0 Å². The van der Waals surface area contributed by atoms with E-state index in [4.69, 9.17) is 16.0 Å². The Labute approximate surface area is 87.4 Å². The molecule has 0 radical (unpaired) electrons. The van der Waals surface area contributed by atoms with E-state index in [1.807, 2.05) is 0 Å². The highest BCUT2D eigenvalue weighted by Gasteiger charge is 2.36. The summed E-state index contributed by atoms with van der Waals surface area (Å²) in [6.45, 7) is 2.13. The molecule has 1 saturated carbocycles. The quantitative estimate of drug-likeness (QED) is 0.838. The molecule has 0 spiro atoms. The third-order valence-corrected chi connectivity index (χ3v) is 2.92. The highest BCUT2D eigenvalue weighted by Crippen LogP contribution is 2.33. The van der Waals surface area contributed by atoms with Crippen molar-refractivity contribution in [3.05, 3.63) is 23.1 Å². The number of hydrogen-bond donors (Lipinski definition) is 1. The molecule has 14 heavy (non-hydrogen) atoms. The van der Waals surface area contributed by atoms with Gasteiger partial charge in [-0.25, -0.2) is 0 Å². The molecule has 0 saturated heterocycles. The predicted molar refractivity (Wildman–Crippen MR) is 53.4 cm³/mol. The molecule has 1 aliphatic rings. The number of furan rings is 1. The molecule has 1 N–H and O–H groups in total. The second-order valence-corrected chi connectivity index (χ2v) is 3.94. The van der Waals surface area contributed by atoms with E-state index in [1.165, 1.54) is 6.26 Å². The molecule has 0 bridgehead atoms. The maximum atomic E-state index is 11.6. The van der Waals surface area contributed by atoms with Crippen molar-refractivity contribution in [1.29, 1.82) is 0 Å². The van der Waals surface area contributed by atoms with Crippen molar-refractivity contribution in [2.45, 2.75) is 25.8 Å². The number of rotatable bonds is 3. The Hall–Kier alpha value is -0.960. The van der Waals surface area contributed by atoms with Gasteiger partial charge in [0, 0.05) is 6.04 Å². The molecule has 2 atom stereocenters. The second-order valence-electron chi connectivity index (χ2n) is 3.59. The van der Waals surface area contributed by atoms with Crippen LogP contribution in [0.15, 0.2) is 16.7 Å². The van der Waals surface area contributed by atoms with Crippen LogP contribution < -0.4 is 5.32 Å². The summed E-state index contributed by atoms with van der Waals surface area (Å²) in [5.41, 5.74) is 0.424. The SMILES string of the molecule is CCC1CC1NC(=O)c1ccoc1Cl. The molecular formula is C10H12ClNO2. The molecule has 2 rings (SSSR count). The van der Waals surface area contributed by atoms with Crippen molar-refractivity contribution >= 4 is 17.5 Å². The summed E-state index contributed by atoms with van der Waals surface area (Å²) in [6.07, 6.45) is 3.61. The van der Waals surface area contributed by atoms with Crippen molar-refractivity contribution in [3.8, 4) is 0 Å². The van der Waals surface area contributed by atoms with Gasteiger partial charge in [0.2, 0.25) is 5.22 Å². The van der Waals surface area contributed by atoms with E-state index in [1.54, 1.807) is 6.07 Å². The lowest BCUT2D eigenvalue weighted by Crippen LogP contribution is -2.26. The van der Waals surface area contributed by atoms with Gasteiger partial charge >= 0.3 is 0 Å². The van der Waals surface area contributed by atoms with Crippen LogP contribution in [0.1, 0.15) is 30.1 Å². The van der Waals surface area contributed by atoms with E-state index in [9.17, 15) is 4.79 Å². The normalized spacial score (nSPS) is 24.7. The van der Waals surface area contributed by atoms with Crippen LogP contribution in [0.4, 0.5) is 0 Å². The van der Waals surface area contributed by atoms with Gasteiger partial charge < -0.3 is 9.73 Å². The molecule has 2 unspecified atom stereocenters. The first-order valence-corrected chi connectivity index (χ1v) is 5.14. The van der Waals surface area contributed by atoms with Gasteiger partial charge in [0.1, 0.15) is 0 Å². The predicted octanol–water partition coefficient (Wildman–Crippen LogP) is 2.46. The molecule has 1 aliphatic carbocycles. The Morgan fingerprint density at radius 1 is 1.79 bits per heavy atom. The van der Waals surface area contributed by atoms with Crippen molar-refractivity contribution in [2.24, 2.45) is 5.92 Å². The van der Waals surface area contributed by atoms with E-state index < -0.39 is 0 Å². The molecule has 1 heterocycles. The Bertz CT molecular complexity index is 348. The zero-order chi connectivity index (χ0) is 10.1. The number of nitrogens with one attached hydrogen (secondary N) is 1. The van der Waals surface area contributed by atoms with Crippen LogP contribution in [-0.4, -0.2) is 11.9 Å². The van der Waals surface area contributed by atoms with E-state index in [0.717, 1.165) is 12.8 Å². The third-order valence-electron chi connectivity index (χ3n) is 2.63. The van der Waals surface area contributed by atoms with Crippen molar-refractivity contribution in [3.63, 3.8) is 0 Å². The van der Waals surface area contributed by atoms with Crippen molar-refractivity contribution in [2.75, 3.05) is 0 Å². The van der Waals surface area contributed by atoms with Crippen LogP contribution in [0.2, 0.25) is 5.22 Å². The average molecular weight is 214 g/mol. The van der Waals surface area contributed by atoms with Crippen LogP contribution >= 0.6 is 11.6 Å². The molecule has 1 fully saturated rings. The smallest absolute Gasteiger partial charge is 0.256 e. The maximum Gasteiger partial charge on any atom is 0.256 e. The Morgan fingerprint density at radius 3 is 3.07 bits per heavy atom. The number of carbonyl (C=O) groups is 1. The Balaban J connectivity index is 1.94. The zero-order valence-corrected chi connectivity index (χ0v) is 8.67. The Kier molecular flexibility index (Phi) is 2.50. The molecular weight excluding hydrogens is 202 g/mol. The van der Waals surface area contributed by atoms with Crippen LogP contribution in [0.25, 0.3) is 0 Å². The number of halogens is 1. The molecule has 3 nitrogen and oxygen atoms in total. The maximum absolute atomic E-state index is 11.6. The van der Waals surface area contributed by atoms with Crippen molar-refractivity contribution in [1.82, 2.24) is 5.32 Å². The minimum atomic E-state index is -0.135. The monoisotopic (exact) mass is 213 g/mol. The molecule has 76 valence electrons.